The number of hydrogen-bond donors (Lipinski definition) is 0. The number of amides is 2. The van der Waals surface area contributed by atoms with E-state index in [0.29, 0.717) is 11.3 Å². The lowest BCUT2D eigenvalue weighted by Gasteiger charge is -2.47. The molecule has 4 nitrogen and oxygen atoms in total. The van der Waals surface area contributed by atoms with Crippen molar-refractivity contribution in [2.75, 3.05) is 16.3 Å². The Labute approximate surface area is 173 Å². The molecule has 5 heteroatoms. The molecule has 0 bridgehead atoms. The Morgan fingerprint density at radius 3 is 2.43 bits per heavy atom. The van der Waals surface area contributed by atoms with Crippen LogP contribution in [0.3, 0.4) is 0 Å². The van der Waals surface area contributed by atoms with Crippen molar-refractivity contribution in [2.24, 2.45) is 5.92 Å². The van der Waals surface area contributed by atoms with E-state index in [1.54, 1.807) is 18.2 Å². The third-order valence-corrected chi connectivity index (χ3v) is 6.67. The fraction of sp³-hybridized carbons (Fsp3) is 0.200. The monoisotopic (exact) mass is 398 g/mol. The van der Waals surface area contributed by atoms with E-state index >= 15 is 0 Å². The highest BCUT2D eigenvalue weighted by molar-refractivity contribution is 6.24. The van der Waals surface area contributed by atoms with E-state index in [1.807, 2.05) is 30.3 Å². The van der Waals surface area contributed by atoms with Gasteiger partial charge in [-0.2, -0.15) is 0 Å². The molecule has 3 aromatic carbocycles. The number of rotatable bonds is 1. The summed E-state index contributed by atoms with van der Waals surface area (Å²) < 4.78 is 14.2. The average Bonchev–Trinajstić information content (AvgIpc) is 3.04. The van der Waals surface area contributed by atoms with Crippen molar-refractivity contribution in [2.45, 2.75) is 18.4 Å². The molecule has 3 atom stereocenters. The third-order valence-electron chi connectivity index (χ3n) is 6.67. The van der Waals surface area contributed by atoms with Gasteiger partial charge in [-0.3, -0.25) is 9.59 Å². The highest BCUT2D eigenvalue weighted by atomic mass is 19.1. The Morgan fingerprint density at radius 1 is 0.833 bits per heavy atom. The summed E-state index contributed by atoms with van der Waals surface area (Å²) in [5.74, 6) is -2.13. The van der Waals surface area contributed by atoms with Crippen molar-refractivity contribution in [1.29, 1.82) is 0 Å². The van der Waals surface area contributed by atoms with Gasteiger partial charge in [-0.05, 0) is 53.4 Å². The lowest BCUT2D eigenvalue weighted by atomic mass is 9.73. The van der Waals surface area contributed by atoms with Crippen LogP contribution in [0.5, 0.6) is 0 Å². The topological polar surface area (TPSA) is 40.6 Å². The van der Waals surface area contributed by atoms with Gasteiger partial charge in [-0.25, -0.2) is 9.29 Å². The SMILES string of the molecule is O=C1[C@H]2[C@@H](C(=O)N1c1ccccc1)c1cc(F)ccc1N1CCc3ccccc3[C@@H]21. The van der Waals surface area contributed by atoms with Gasteiger partial charge in [0.2, 0.25) is 11.8 Å². The van der Waals surface area contributed by atoms with Crippen molar-refractivity contribution in [3.63, 3.8) is 0 Å². The number of para-hydroxylation sites is 1. The van der Waals surface area contributed by atoms with Gasteiger partial charge in [0, 0.05) is 12.2 Å². The number of carbonyl (C=O) groups excluding carboxylic acids is 2. The minimum atomic E-state index is -0.684. The Bertz CT molecular complexity index is 1190. The first-order valence-corrected chi connectivity index (χ1v) is 10.2. The van der Waals surface area contributed by atoms with Crippen LogP contribution in [-0.2, 0) is 16.0 Å². The van der Waals surface area contributed by atoms with Crippen LogP contribution < -0.4 is 9.80 Å². The summed E-state index contributed by atoms with van der Waals surface area (Å²) in [5.41, 5.74) is 4.34. The molecule has 1 fully saturated rings. The summed E-state index contributed by atoms with van der Waals surface area (Å²) in [5, 5.41) is 0. The fourth-order valence-electron chi connectivity index (χ4n) is 5.46. The number of carbonyl (C=O) groups is 2. The van der Waals surface area contributed by atoms with Crippen LogP contribution in [-0.4, -0.2) is 18.4 Å². The molecule has 3 aliphatic heterocycles. The Balaban J connectivity index is 1.59. The molecule has 148 valence electrons. The van der Waals surface area contributed by atoms with E-state index in [-0.39, 0.29) is 23.7 Å². The lowest BCUT2D eigenvalue weighted by Crippen LogP contribution is -2.46. The second-order valence-electron chi connectivity index (χ2n) is 8.14. The van der Waals surface area contributed by atoms with E-state index in [9.17, 15) is 14.0 Å². The Kier molecular flexibility index (Phi) is 3.63. The number of nitrogens with zero attached hydrogens (tertiary/aromatic N) is 2. The quantitative estimate of drug-likeness (QED) is 0.577. The molecule has 6 rings (SSSR count). The summed E-state index contributed by atoms with van der Waals surface area (Å²) in [6.45, 7) is 0.732. The Hall–Kier alpha value is -3.47. The maximum absolute atomic E-state index is 14.2. The molecule has 3 aliphatic rings. The first-order chi connectivity index (χ1) is 14.6. The highest BCUT2D eigenvalue weighted by Gasteiger charge is 2.58. The van der Waals surface area contributed by atoms with E-state index in [0.717, 1.165) is 24.2 Å². The number of fused-ring (bicyclic) bond motifs is 8. The molecule has 3 heterocycles. The summed E-state index contributed by atoms with van der Waals surface area (Å²) in [6.07, 6.45) is 0.853. The number of imide groups is 1. The minimum Gasteiger partial charge on any atom is -0.363 e. The van der Waals surface area contributed by atoms with Crippen molar-refractivity contribution in [3.8, 4) is 0 Å². The highest BCUT2D eigenvalue weighted by Crippen LogP contribution is 2.55. The van der Waals surface area contributed by atoms with Crippen LogP contribution >= 0.6 is 0 Å². The summed E-state index contributed by atoms with van der Waals surface area (Å²) in [6, 6.07) is 21.6. The van der Waals surface area contributed by atoms with Crippen LogP contribution in [0, 0.1) is 11.7 Å². The predicted octanol–water partition coefficient (Wildman–Crippen LogP) is 4.22. The largest absolute Gasteiger partial charge is 0.363 e. The Morgan fingerprint density at radius 2 is 1.60 bits per heavy atom. The molecule has 0 aliphatic carbocycles. The zero-order chi connectivity index (χ0) is 20.4. The van der Waals surface area contributed by atoms with Gasteiger partial charge in [0.25, 0.3) is 0 Å². The minimum absolute atomic E-state index is 0.210. The first kappa shape index (κ1) is 17.4. The molecule has 0 N–H and O–H groups in total. The molecule has 0 radical (unpaired) electrons. The first-order valence-electron chi connectivity index (χ1n) is 10.2. The normalized spacial score (nSPS) is 24.2. The number of halogens is 1. The number of anilines is 2. The van der Waals surface area contributed by atoms with Crippen LogP contribution in [0.15, 0.2) is 72.8 Å². The smallest absolute Gasteiger partial charge is 0.242 e. The molecule has 30 heavy (non-hydrogen) atoms. The van der Waals surface area contributed by atoms with Gasteiger partial charge < -0.3 is 4.90 Å². The maximum atomic E-state index is 14.2. The standard InChI is InChI=1S/C25H19FN2O2/c26-16-10-11-20-19(14-16)21-22(23-18-9-5-4-6-15(18)12-13-27(20)23)25(30)28(24(21)29)17-7-2-1-3-8-17/h1-11,14,21-23H,12-13H2/t21-,22-,23-/m0/s1. The van der Waals surface area contributed by atoms with Gasteiger partial charge >= 0.3 is 0 Å². The molecular weight excluding hydrogens is 379 g/mol. The molecule has 2 amide bonds. The van der Waals surface area contributed by atoms with Gasteiger partial charge in [0.1, 0.15) is 5.82 Å². The molecule has 0 spiro atoms. The number of benzene rings is 3. The molecule has 3 aromatic rings. The van der Waals surface area contributed by atoms with Crippen LogP contribution in [0.1, 0.15) is 28.7 Å². The van der Waals surface area contributed by atoms with Crippen molar-refractivity contribution < 1.29 is 14.0 Å². The predicted molar refractivity (Wildman–Crippen MR) is 112 cm³/mol. The number of hydrogen-bond acceptors (Lipinski definition) is 3. The van der Waals surface area contributed by atoms with Crippen LogP contribution in [0.25, 0.3) is 0 Å². The second kappa shape index (κ2) is 6.26. The summed E-state index contributed by atoms with van der Waals surface area (Å²) >= 11 is 0. The van der Waals surface area contributed by atoms with Crippen molar-refractivity contribution >= 4 is 23.2 Å². The van der Waals surface area contributed by atoms with Gasteiger partial charge in [0.15, 0.2) is 0 Å². The molecule has 0 unspecified atom stereocenters. The second-order valence-corrected chi connectivity index (χ2v) is 8.14. The van der Waals surface area contributed by atoms with E-state index in [2.05, 4.69) is 17.0 Å². The van der Waals surface area contributed by atoms with Gasteiger partial charge in [-0.15, -0.1) is 0 Å². The van der Waals surface area contributed by atoms with Gasteiger partial charge in [0.05, 0.1) is 23.6 Å². The zero-order valence-corrected chi connectivity index (χ0v) is 16.2. The molecular formula is C25H19FN2O2. The molecule has 0 saturated carbocycles. The van der Waals surface area contributed by atoms with Gasteiger partial charge in [-0.1, -0.05) is 42.5 Å². The summed E-state index contributed by atoms with van der Waals surface area (Å²) in [4.78, 5) is 30.8. The van der Waals surface area contributed by atoms with E-state index in [4.69, 9.17) is 0 Å². The lowest BCUT2D eigenvalue weighted by molar-refractivity contribution is -0.122. The van der Waals surface area contributed by atoms with Crippen LogP contribution in [0.4, 0.5) is 15.8 Å². The average molecular weight is 398 g/mol. The van der Waals surface area contributed by atoms with Crippen molar-refractivity contribution in [1.82, 2.24) is 0 Å². The molecule has 1 saturated heterocycles. The fourth-order valence-corrected chi connectivity index (χ4v) is 5.46. The van der Waals surface area contributed by atoms with E-state index in [1.165, 1.54) is 22.6 Å². The molecule has 0 aromatic heterocycles. The third kappa shape index (κ3) is 2.26. The zero-order valence-electron chi connectivity index (χ0n) is 16.2. The van der Waals surface area contributed by atoms with Crippen molar-refractivity contribution in [3.05, 3.63) is 95.3 Å². The summed E-state index contributed by atoms with van der Waals surface area (Å²) in [7, 11) is 0. The van der Waals surface area contributed by atoms with Crippen LogP contribution in [0.2, 0.25) is 0 Å². The van der Waals surface area contributed by atoms with E-state index < -0.39 is 11.8 Å². The maximum Gasteiger partial charge on any atom is 0.242 e.